The Morgan fingerprint density at radius 3 is 2.38 bits per heavy atom. The molecule has 1 saturated heterocycles. The number of fused-ring (bicyclic) bond motifs is 1. The summed E-state index contributed by atoms with van der Waals surface area (Å²) in [5.74, 6) is -0.284. The molecule has 8 heteroatoms. The Morgan fingerprint density at radius 1 is 1.07 bits per heavy atom. The van der Waals surface area contributed by atoms with Crippen LogP contribution in [0, 0.1) is 0 Å². The van der Waals surface area contributed by atoms with Crippen LogP contribution in [0.3, 0.4) is 0 Å². The summed E-state index contributed by atoms with van der Waals surface area (Å²) in [5, 5.41) is 16.0. The lowest BCUT2D eigenvalue weighted by molar-refractivity contribution is -0.141. The number of para-hydroxylation sites is 1. The molecule has 1 aliphatic heterocycles. The molecule has 3 aromatic rings. The molecule has 1 fully saturated rings. The average Bonchev–Trinajstić information content (AvgIpc) is 3.04. The summed E-state index contributed by atoms with van der Waals surface area (Å²) in [6, 6.07) is 12.4. The predicted molar refractivity (Wildman–Crippen MR) is 101 cm³/mol. The number of aryl methyl sites for hydroxylation is 1. The molecule has 0 radical (unpaired) electrons. The summed E-state index contributed by atoms with van der Waals surface area (Å²) in [6.45, 7) is 0.291. The van der Waals surface area contributed by atoms with E-state index in [9.17, 15) is 23.1 Å². The molecule has 0 bridgehead atoms. The van der Waals surface area contributed by atoms with E-state index in [0.29, 0.717) is 5.69 Å². The number of nitrogens with zero attached hydrogens (tertiary/aromatic N) is 3. The van der Waals surface area contributed by atoms with Crippen molar-refractivity contribution in [3.63, 3.8) is 0 Å². The maximum absolute atomic E-state index is 13.4. The fourth-order valence-corrected chi connectivity index (χ4v) is 4.01. The highest BCUT2D eigenvalue weighted by atomic mass is 19.4. The maximum atomic E-state index is 13.4. The number of benzene rings is 2. The first-order chi connectivity index (χ1) is 13.7. The number of carbonyl (C=O) groups excluding carboxylic acids is 1. The van der Waals surface area contributed by atoms with Gasteiger partial charge in [0.05, 0.1) is 16.7 Å². The van der Waals surface area contributed by atoms with Crippen LogP contribution in [0.2, 0.25) is 0 Å². The van der Waals surface area contributed by atoms with Gasteiger partial charge in [-0.3, -0.25) is 9.48 Å². The molecule has 2 heterocycles. The molecule has 29 heavy (non-hydrogen) atoms. The van der Waals surface area contributed by atoms with Crippen LogP contribution in [0.1, 0.15) is 34.5 Å². The van der Waals surface area contributed by atoms with Gasteiger partial charge in [0.1, 0.15) is 0 Å². The Hall–Kier alpha value is -2.87. The molecule has 1 amide bonds. The minimum atomic E-state index is -4.55. The van der Waals surface area contributed by atoms with Gasteiger partial charge >= 0.3 is 6.18 Å². The molecule has 5 nitrogen and oxygen atoms in total. The first-order valence-electron chi connectivity index (χ1n) is 9.31. The number of hydrogen-bond donors (Lipinski definition) is 1. The van der Waals surface area contributed by atoms with E-state index in [1.165, 1.54) is 18.2 Å². The van der Waals surface area contributed by atoms with Gasteiger partial charge < -0.3 is 10.0 Å². The molecule has 4 rings (SSSR count). The molecule has 0 unspecified atom stereocenters. The van der Waals surface area contributed by atoms with Gasteiger partial charge in [-0.25, -0.2) is 0 Å². The quantitative estimate of drug-likeness (QED) is 0.710. The van der Waals surface area contributed by atoms with Crippen molar-refractivity contribution in [1.82, 2.24) is 14.7 Å². The molecule has 0 aliphatic carbocycles. The van der Waals surface area contributed by atoms with Gasteiger partial charge in [0.2, 0.25) is 0 Å². The van der Waals surface area contributed by atoms with Gasteiger partial charge in [0.25, 0.3) is 5.91 Å². The zero-order valence-electron chi connectivity index (χ0n) is 15.8. The number of aromatic nitrogens is 2. The van der Waals surface area contributed by atoms with Crippen LogP contribution in [0.25, 0.3) is 10.9 Å². The number of likely N-dealkylation sites (tertiary alicyclic amines) is 1. The van der Waals surface area contributed by atoms with Gasteiger partial charge in [-0.15, -0.1) is 0 Å². The second-order valence-electron chi connectivity index (χ2n) is 7.36. The number of piperidine rings is 1. The maximum Gasteiger partial charge on any atom is 0.416 e. The number of halogens is 3. The van der Waals surface area contributed by atoms with Crippen LogP contribution in [0.4, 0.5) is 13.2 Å². The first-order valence-corrected chi connectivity index (χ1v) is 9.31. The highest BCUT2D eigenvalue weighted by Crippen LogP contribution is 2.41. The third kappa shape index (κ3) is 3.37. The van der Waals surface area contributed by atoms with E-state index in [1.54, 1.807) is 16.6 Å². The van der Waals surface area contributed by atoms with Crippen LogP contribution >= 0.6 is 0 Å². The smallest absolute Gasteiger partial charge is 0.385 e. The summed E-state index contributed by atoms with van der Waals surface area (Å²) in [4.78, 5) is 14.5. The number of rotatable bonds is 2. The largest absolute Gasteiger partial charge is 0.416 e. The molecule has 0 spiro atoms. The van der Waals surface area contributed by atoms with Crippen molar-refractivity contribution in [3.05, 3.63) is 65.4 Å². The molecule has 1 N–H and O–H groups in total. The fourth-order valence-electron chi connectivity index (χ4n) is 4.01. The van der Waals surface area contributed by atoms with Crippen LogP contribution in [0.5, 0.6) is 0 Å². The topological polar surface area (TPSA) is 58.4 Å². The second kappa shape index (κ2) is 6.88. The normalized spacial score (nSPS) is 16.9. The minimum Gasteiger partial charge on any atom is -0.385 e. The van der Waals surface area contributed by atoms with Crippen molar-refractivity contribution < 1.29 is 23.1 Å². The second-order valence-corrected chi connectivity index (χ2v) is 7.36. The summed E-state index contributed by atoms with van der Waals surface area (Å²) in [5.41, 5.74) is -1.47. The lowest BCUT2D eigenvalue weighted by Crippen LogP contribution is -2.46. The van der Waals surface area contributed by atoms with E-state index in [2.05, 4.69) is 5.10 Å². The number of aliphatic hydroxyl groups is 1. The van der Waals surface area contributed by atoms with Crippen LogP contribution < -0.4 is 0 Å². The Kier molecular flexibility index (Phi) is 4.61. The molecule has 152 valence electrons. The average molecular weight is 403 g/mol. The summed E-state index contributed by atoms with van der Waals surface area (Å²) >= 11 is 0. The number of amides is 1. The van der Waals surface area contributed by atoms with Crippen molar-refractivity contribution in [2.45, 2.75) is 24.6 Å². The van der Waals surface area contributed by atoms with Crippen molar-refractivity contribution in [3.8, 4) is 0 Å². The van der Waals surface area contributed by atoms with Gasteiger partial charge in [-0.1, -0.05) is 36.4 Å². The fraction of sp³-hybridized carbons (Fsp3) is 0.333. The SMILES string of the molecule is Cn1nc(C(=O)N2CCC(O)(c3ccccc3C(F)(F)F)CC2)c2ccccc21. The van der Waals surface area contributed by atoms with Gasteiger partial charge in [0, 0.05) is 25.5 Å². The summed E-state index contributed by atoms with van der Waals surface area (Å²) in [6.07, 6.45) is -4.50. The van der Waals surface area contributed by atoms with E-state index >= 15 is 0 Å². The van der Waals surface area contributed by atoms with E-state index in [-0.39, 0.29) is 37.4 Å². The Balaban J connectivity index is 1.58. The predicted octanol–water partition coefficient (Wildman–Crippen LogP) is 3.72. The number of hydrogen-bond acceptors (Lipinski definition) is 3. The van der Waals surface area contributed by atoms with Gasteiger partial charge in [0.15, 0.2) is 5.69 Å². The molecule has 0 atom stereocenters. The van der Waals surface area contributed by atoms with Gasteiger partial charge in [-0.05, 0) is 30.5 Å². The number of alkyl halides is 3. The summed E-state index contributed by atoms with van der Waals surface area (Å²) < 4.78 is 41.7. The number of carbonyl (C=O) groups is 1. The first kappa shape index (κ1) is 19.4. The zero-order valence-corrected chi connectivity index (χ0v) is 15.8. The minimum absolute atomic E-state index is 0.0244. The monoisotopic (exact) mass is 403 g/mol. The van der Waals surface area contributed by atoms with Crippen molar-refractivity contribution in [1.29, 1.82) is 0 Å². The van der Waals surface area contributed by atoms with Crippen molar-refractivity contribution in [2.75, 3.05) is 13.1 Å². The molecular weight excluding hydrogens is 383 g/mol. The van der Waals surface area contributed by atoms with Crippen LogP contribution in [0.15, 0.2) is 48.5 Å². The highest BCUT2D eigenvalue weighted by molar-refractivity contribution is 6.04. The van der Waals surface area contributed by atoms with E-state index in [0.717, 1.165) is 17.0 Å². The van der Waals surface area contributed by atoms with Crippen LogP contribution in [-0.2, 0) is 18.8 Å². The molecule has 0 saturated carbocycles. The van der Waals surface area contributed by atoms with Crippen molar-refractivity contribution >= 4 is 16.8 Å². The molecule has 2 aromatic carbocycles. The third-order valence-electron chi connectivity index (χ3n) is 5.57. The Bertz CT molecular complexity index is 1070. The van der Waals surface area contributed by atoms with E-state index in [4.69, 9.17) is 0 Å². The zero-order chi connectivity index (χ0) is 20.8. The van der Waals surface area contributed by atoms with Crippen molar-refractivity contribution in [2.24, 2.45) is 7.05 Å². The summed E-state index contributed by atoms with van der Waals surface area (Å²) in [7, 11) is 1.75. The highest BCUT2D eigenvalue weighted by Gasteiger charge is 2.43. The lowest BCUT2D eigenvalue weighted by Gasteiger charge is -2.39. The lowest BCUT2D eigenvalue weighted by atomic mass is 9.81. The van der Waals surface area contributed by atoms with E-state index in [1.807, 2.05) is 24.3 Å². The Morgan fingerprint density at radius 2 is 1.69 bits per heavy atom. The molecule has 1 aliphatic rings. The van der Waals surface area contributed by atoms with Crippen LogP contribution in [-0.4, -0.2) is 38.8 Å². The molecule has 1 aromatic heterocycles. The third-order valence-corrected chi connectivity index (χ3v) is 5.57. The standard InChI is InChI=1S/C21H20F3N3O2/c1-26-17-9-5-2-6-14(17)18(25-26)19(28)27-12-10-20(29,11-13-27)15-7-3-4-8-16(15)21(22,23)24/h2-9,29H,10-13H2,1H3. The Labute approximate surface area is 165 Å². The molecular formula is C21H20F3N3O2. The van der Waals surface area contributed by atoms with Gasteiger partial charge in [-0.2, -0.15) is 18.3 Å². The van der Waals surface area contributed by atoms with E-state index < -0.39 is 17.3 Å².